The van der Waals surface area contributed by atoms with Crippen LogP contribution in [0.1, 0.15) is 49.7 Å². The summed E-state index contributed by atoms with van der Waals surface area (Å²) in [4.78, 5) is 27.0. The molecule has 0 radical (unpaired) electrons. The Kier molecular flexibility index (Phi) is 7.76. The molecule has 196 valence electrons. The van der Waals surface area contributed by atoms with Gasteiger partial charge in [0.05, 0.1) is 40.6 Å². The Hall–Kier alpha value is -3.94. The van der Waals surface area contributed by atoms with Crippen LogP contribution in [0.25, 0.3) is 0 Å². The first-order valence-corrected chi connectivity index (χ1v) is 12.2. The third kappa shape index (κ3) is 4.88. The molecule has 2 unspecified atom stereocenters. The SMILES string of the molecule is CCOC(=O)C1=C(C)NC2=C(C(=O)CC(c3ccc(OC)cc3)C2)C1c1cc(OC)c(OC)c(OC)c1. The van der Waals surface area contributed by atoms with Gasteiger partial charge in [0.25, 0.3) is 0 Å². The molecule has 0 saturated carbocycles. The minimum atomic E-state index is -0.645. The molecule has 1 N–H and O–H groups in total. The van der Waals surface area contributed by atoms with Crippen LogP contribution in [0.4, 0.5) is 0 Å². The quantitative estimate of drug-likeness (QED) is 0.517. The lowest BCUT2D eigenvalue weighted by Gasteiger charge is -2.37. The molecule has 0 fully saturated rings. The molecule has 8 heteroatoms. The van der Waals surface area contributed by atoms with Gasteiger partial charge in [-0.05, 0) is 61.6 Å². The average molecular weight is 508 g/mol. The standard InChI is InChI=1S/C29H33NO7/c1-7-37-29(32)25-16(2)30-21-12-18(17-8-10-20(33-3)11-9-17)13-22(31)27(21)26(25)19-14-23(34-4)28(36-6)24(15-19)35-5/h8-11,14-15,18,26,30H,7,12-13H2,1-6H3. The maximum atomic E-state index is 13.8. The topological polar surface area (TPSA) is 92.3 Å². The van der Waals surface area contributed by atoms with Gasteiger partial charge in [-0.2, -0.15) is 0 Å². The molecule has 1 aliphatic carbocycles. The molecule has 8 nitrogen and oxygen atoms in total. The van der Waals surface area contributed by atoms with Gasteiger partial charge in [0.15, 0.2) is 17.3 Å². The van der Waals surface area contributed by atoms with E-state index in [1.54, 1.807) is 26.2 Å². The van der Waals surface area contributed by atoms with Crippen LogP contribution in [0, 0.1) is 0 Å². The monoisotopic (exact) mass is 507 g/mol. The van der Waals surface area contributed by atoms with Gasteiger partial charge in [-0.1, -0.05) is 12.1 Å². The zero-order valence-corrected chi connectivity index (χ0v) is 22.1. The van der Waals surface area contributed by atoms with Crippen LogP contribution in [0.2, 0.25) is 0 Å². The Bertz CT molecular complexity index is 1230. The number of benzene rings is 2. The maximum absolute atomic E-state index is 13.8. The van der Waals surface area contributed by atoms with Crippen molar-refractivity contribution in [3.63, 3.8) is 0 Å². The van der Waals surface area contributed by atoms with Gasteiger partial charge in [0.1, 0.15) is 5.75 Å². The van der Waals surface area contributed by atoms with E-state index in [-0.39, 0.29) is 18.3 Å². The van der Waals surface area contributed by atoms with Crippen molar-refractivity contribution in [3.05, 3.63) is 70.1 Å². The number of esters is 1. The van der Waals surface area contributed by atoms with Gasteiger partial charge < -0.3 is 29.0 Å². The highest BCUT2D eigenvalue weighted by Gasteiger charge is 2.42. The number of hydrogen-bond donors (Lipinski definition) is 1. The molecule has 4 rings (SSSR count). The highest BCUT2D eigenvalue weighted by Crippen LogP contribution is 2.49. The van der Waals surface area contributed by atoms with Crippen LogP contribution >= 0.6 is 0 Å². The minimum absolute atomic E-state index is 0.00203. The summed E-state index contributed by atoms with van der Waals surface area (Å²) in [5, 5.41) is 3.37. The lowest BCUT2D eigenvalue weighted by molar-refractivity contribution is -0.138. The molecule has 0 saturated heterocycles. The van der Waals surface area contributed by atoms with Crippen molar-refractivity contribution >= 4 is 11.8 Å². The summed E-state index contributed by atoms with van der Waals surface area (Å²) in [6.45, 7) is 3.81. The second-order valence-corrected chi connectivity index (χ2v) is 8.97. The molecule has 2 aromatic carbocycles. The van der Waals surface area contributed by atoms with Crippen molar-refractivity contribution in [2.45, 2.75) is 38.5 Å². The Morgan fingerprint density at radius 1 is 0.919 bits per heavy atom. The van der Waals surface area contributed by atoms with Crippen LogP contribution in [0.5, 0.6) is 23.0 Å². The predicted octanol–water partition coefficient (Wildman–Crippen LogP) is 4.65. The zero-order valence-electron chi connectivity index (χ0n) is 22.1. The van der Waals surface area contributed by atoms with Gasteiger partial charge in [-0.25, -0.2) is 4.79 Å². The van der Waals surface area contributed by atoms with Gasteiger partial charge in [0.2, 0.25) is 5.75 Å². The first kappa shape index (κ1) is 26.1. The van der Waals surface area contributed by atoms with Gasteiger partial charge >= 0.3 is 5.97 Å². The van der Waals surface area contributed by atoms with Gasteiger partial charge in [-0.3, -0.25) is 4.79 Å². The Morgan fingerprint density at radius 2 is 1.57 bits per heavy atom. The molecule has 1 heterocycles. The van der Waals surface area contributed by atoms with Gasteiger partial charge in [-0.15, -0.1) is 0 Å². The van der Waals surface area contributed by atoms with E-state index in [2.05, 4.69) is 5.32 Å². The molecule has 2 atom stereocenters. The Labute approximate surface area is 217 Å². The molecule has 0 bridgehead atoms. The fourth-order valence-corrected chi connectivity index (χ4v) is 5.23. The van der Waals surface area contributed by atoms with Crippen LogP contribution in [0.15, 0.2) is 58.9 Å². The van der Waals surface area contributed by atoms with E-state index < -0.39 is 11.9 Å². The normalized spacial score (nSPS) is 19.1. The molecule has 0 aromatic heterocycles. The van der Waals surface area contributed by atoms with E-state index in [9.17, 15) is 9.59 Å². The Balaban J connectivity index is 1.85. The van der Waals surface area contributed by atoms with E-state index in [0.717, 1.165) is 17.0 Å². The first-order valence-electron chi connectivity index (χ1n) is 12.2. The van der Waals surface area contributed by atoms with Crippen molar-refractivity contribution in [2.24, 2.45) is 0 Å². The number of carbonyl (C=O) groups excluding carboxylic acids is 2. The third-order valence-electron chi connectivity index (χ3n) is 6.93. The van der Waals surface area contributed by atoms with Crippen LogP contribution in [-0.2, 0) is 14.3 Å². The molecule has 37 heavy (non-hydrogen) atoms. The lowest BCUT2D eigenvalue weighted by Crippen LogP contribution is -2.36. The van der Waals surface area contributed by atoms with Crippen molar-refractivity contribution in [2.75, 3.05) is 35.0 Å². The summed E-state index contributed by atoms with van der Waals surface area (Å²) >= 11 is 0. The van der Waals surface area contributed by atoms with Crippen molar-refractivity contribution < 1.29 is 33.3 Å². The predicted molar refractivity (Wildman–Crippen MR) is 138 cm³/mol. The molecule has 0 amide bonds. The highest BCUT2D eigenvalue weighted by atomic mass is 16.5. The number of dihydropyridines is 1. The number of nitrogens with one attached hydrogen (secondary N) is 1. The van der Waals surface area contributed by atoms with E-state index in [1.165, 1.54) is 21.3 Å². The number of Topliss-reactive ketones (excluding diaryl/α,β-unsaturated/α-hetero) is 1. The number of rotatable bonds is 8. The summed E-state index contributed by atoms with van der Waals surface area (Å²) in [6, 6.07) is 11.4. The van der Waals surface area contributed by atoms with E-state index >= 15 is 0 Å². The number of allylic oxidation sites excluding steroid dienone is 3. The van der Waals surface area contributed by atoms with E-state index in [0.29, 0.717) is 52.5 Å². The number of ketones is 1. The molecular formula is C29H33NO7. The second kappa shape index (κ2) is 11.0. The zero-order chi connectivity index (χ0) is 26.7. The molecular weight excluding hydrogens is 474 g/mol. The second-order valence-electron chi connectivity index (χ2n) is 8.97. The van der Waals surface area contributed by atoms with Crippen LogP contribution in [0.3, 0.4) is 0 Å². The lowest BCUT2D eigenvalue weighted by atomic mass is 9.71. The molecule has 0 spiro atoms. The molecule has 1 aliphatic heterocycles. The number of carbonyl (C=O) groups is 2. The molecule has 2 aromatic rings. The number of methoxy groups -OCH3 is 4. The minimum Gasteiger partial charge on any atom is -0.497 e. The summed E-state index contributed by atoms with van der Waals surface area (Å²) in [7, 11) is 6.23. The van der Waals surface area contributed by atoms with Crippen molar-refractivity contribution in [3.8, 4) is 23.0 Å². The fraction of sp³-hybridized carbons (Fsp3) is 0.379. The number of hydrogen-bond acceptors (Lipinski definition) is 8. The largest absolute Gasteiger partial charge is 0.497 e. The highest BCUT2D eigenvalue weighted by molar-refractivity contribution is 6.04. The Morgan fingerprint density at radius 3 is 2.11 bits per heavy atom. The van der Waals surface area contributed by atoms with Gasteiger partial charge in [0, 0.05) is 29.3 Å². The summed E-state index contributed by atoms with van der Waals surface area (Å²) in [5.74, 6) is 0.947. The fourth-order valence-electron chi connectivity index (χ4n) is 5.23. The summed E-state index contributed by atoms with van der Waals surface area (Å²) in [5.41, 5.74) is 4.16. The smallest absolute Gasteiger partial charge is 0.336 e. The molecule has 2 aliphatic rings. The third-order valence-corrected chi connectivity index (χ3v) is 6.93. The van der Waals surface area contributed by atoms with Crippen LogP contribution < -0.4 is 24.3 Å². The van der Waals surface area contributed by atoms with Crippen LogP contribution in [-0.4, -0.2) is 46.8 Å². The summed E-state index contributed by atoms with van der Waals surface area (Å²) < 4.78 is 27.3. The van der Waals surface area contributed by atoms with Crippen molar-refractivity contribution in [1.82, 2.24) is 5.32 Å². The maximum Gasteiger partial charge on any atom is 0.336 e. The summed E-state index contributed by atoms with van der Waals surface area (Å²) in [6.07, 6.45) is 0.949. The first-order chi connectivity index (χ1) is 17.9. The number of ether oxygens (including phenoxy) is 5. The van der Waals surface area contributed by atoms with Crippen molar-refractivity contribution in [1.29, 1.82) is 0 Å². The average Bonchev–Trinajstić information content (AvgIpc) is 2.91. The van der Waals surface area contributed by atoms with E-state index in [4.69, 9.17) is 23.7 Å². The van der Waals surface area contributed by atoms with E-state index in [1.807, 2.05) is 31.2 Å².